The zero-order valence-electron chi connectivity index (χ0n) is 75.1. The second-order valence-corrected chi connectivity index (χ2v) is 36.3. The number of anilines is 4. The molecule has 24 bridgehead atoms. The molecule has 25 rings (SSSR count). The van der Waals surface area contributed by atoms with E-state index in [9.17, 15) is 0 Å². The molecule has 135 heavy (non-hydrogen) atoms. The summed E-state index contributed by atoms with van der Waals surface area (Å²) < 4.78 is 0. The topological polar surface area (TPSA) is 165 Å². The van der Waals surface area contributed by atoms with Gasteiger partial charge in [-0.25, -0.2) is 0 Å². The molecular formula is C118H88Cu2N14Pt. The number of aromatic nitrogens is 6. The first kappa shape index (κ1) is 88.1. The minimum Gasteiger partial charge on any atom is -0.660 e. The van der Waals surface area contributed by atoms with E-state index >= 15 is 0 Å². The average molecular weight is 2020 g/mol. The summed E-state index contributed by atoms with van der Waals surface area (Å²) in [6.07, 6.45) is 21.1. The van der Waals surface area contributed by atoms with Crippen LogP contribution in [0.25, 0.3) is 67.4 Å². The fourth-order valence-corrected chi connectivity index (χ4v) is 19.6. The van der Waals surface area contributed by atoms with E-state index in [1.54, 1.807) is 0 Å². The average Bonchev–Trinajstić information content (AvgIpc) is 1.57. The third-order valence-corrected chi connectivity index (χ3v) is 26.5. The molecule has 14 nitrogen and oxygen atoms in total. The van der Waals surface area contributed by atoms with E-state index in [2.05, 4.69) is 369 Å². The Kier molecular flexibility index (Phi) is 23.0. The Bertz CT molecular complexity index is 7500. The standard InChI is InChI=1S/C42H28N6.C40H30N4.C36H30N4.2Cu.Pt/c1-5-13-29(14-6-1)41-33-21-25-37(43-33)47(31-17-9-3-10-18-31)39-27-23-35(45-39)42(30-15-7-2-8-16-30)36-24-28-40(46-36)48(32-19-11-4-12-20-32)38-26-22-34(41)44-38;1-39(2)35-27-17-9-5-13-23(27)31(41-35)21-33-25-15-7-11-19-29(25)37(43-33)40(3,4)38-30-20-12-8-16-26(30)34(44-38)22-32-24-14-6-10-18-28(24)36(39)42-32;1-35(2)29-19-15-25(37-29)33(23-11-7-5-8-12-23)27-17-21-31(39-27)36(3,4)32-22-18-28(40-32)34(24-13-9-6-10-14-24)26-16-20-30(35)38-26;;;/h1-28H;5-22H,1-4H3;5-22H,1-4H3;;;/q3*-2;3*+2. The van der Waals surface area contributed by atoms with Gasteiger partial charge in [-0.3, -0.25) is 30.0 Å². The van der Waals surface area contributed by atoms with Crippen LogP contribution in [0.1, 0.15) is 157 Å². The maximum atomic E-state index is 5.39. The van der Waals surface area contributed by atoms with Crippen LogP contribution in [-0.4, -0.2) is 34.5 Å². The Labute approximate surface area is 820 Å². The summed E-state index contributed by atoms with van der Waals surface area (Å²) >= 11 is 0. The number of hydrogen-bond acceptors (Lipinski definition) is 8. The fraction of sp³-hybridized carbons (Fsp3) is 0.102. The van der Waals surface area contributed by atoms with Crippen molar-refractivity contribution >= 4 is 125 Å². The van der Waals surface area contributed by atoms with Crippen molar-refractivity contribution in [1.82, 2.24) is 29.9 Å². The molecule has 15 heterocycles. The molecule has 0 aliphatic carbocycles. The van der Waals surface area contributed by atoms with Crippen molar-refractivity contribution < 1.29 is 55.2 Å². The second-order valence-electron chi connectivity index (χ2n) is 36.3. The van der Waals surface area contributed by atoms with E-state index in [4.69, 9.17) is 59.9 Å². The number of fused-ring (bicyclic) bond motifs is 30. The molecule has 0 N–H and O–H groups in total. The molecule has 17 heteroatoms. The number of benzene rings is 10. The SMILES string of the molecule is C1=CC2=C(c3ccccc3)c3ccc([n-]3)N(c3ccccc3)C3=NC(=C(c4ccccc4)c4ccc([n-]4)N(c4ccccc4)C1=N2)C=C3.CC1(C)C2=NC(=C(c3ccccc3)c3ccc([n-]3)C(C)(C)C3=NC(=C(c4ccccc4)c4ccc1[n-]4)C=C3)C=C2.CC1(C)C2=NC(=Cc3[n-]c(c4ccccc34)C(C)(C)C3=NC(=Cc4[n-]c1c1ccccc41)c1ccccc13)c1ccccc12.[Cu+2].[Cu+2].[Pt+2]. The van der Waals surface area contributed by atoms with Crippen molar-refractivity contribution in [3.05, 3.63) is 500 Å². The number of rotatable bonds is 6. The minimum atomic E-state index is -0.462. The summed E-state index contributed by atoms with van der Waals surface area (Å²) in [4.78, 5) is 67.6. The molecule has 10 aromatic carbocycles. The van der Waals surface area contributed by atoms with Crippen molar-refractivity contribution in [2.24, 2.45) is 30.0 Å². The van der Waals surface area contributed by atoms with Crippen LogP contribution < -0.4 is 39.7 Å². The number of hydrogen-bond donors (Lipinski definition) is 0. The summed E-state index contributed by atoms with van der Waals surface area (Å²) in [6.45, 7) is 17.8. The normalized spacial score (nSPS) is 16.7. The maximum Gasteiger partial charge on any atom is 2.00 e. The van der Waals surface area contributed by atoms with E-state index in [-0.39, 0.29) is 55.2 Å². The number of aliphatic imine (C=N–C) groups is 6. The van der Waals surface area contributed by atoms with Crippen LogP contribution in [0, 0.1) is 0 Å². The van der Waals surface area contributed by atoms with Crippen LogP contribution in [-0.2, 0) is 76.9 Å². The largest absolute Gasteiger partial charge is 2.00 e. The summed E-state index contributed by atoms with van der Waals surface area (Å²) in [5.74, 6) is 3.09. The minimum absolute atomic E-state index is 0. The smallest absolute Gasteiger partial charge is 0.660 e. The van der Waals surface area contributed by atoms with Crippen molar-refractivity contribution in [3.8, 4) is 0 Å². The summed E-state index contributed by atoms with van der Waals surface area (Å²) in [7, 11) is 0. The monoisotopic (exact) mass is 2020 g/mol. The van der Waals surface area contributed by atoms with Gasteiger partial charge >= 0.3 is 55.2 Å². The third kappa shape index (κ3) is 15.5. The molecule has 16 aromatic rings. The van der Waals surface area contributed by atoms with Gasteiger partial charge < -0.3 is 39.7 Å². The van der Waals surface area contributed by atoms with Gasteiger partial charge in [-0.05, 0) is 138 Å². The van der Waals surface area contributed by atoms with Gasteiger partial charge in [-0.2, -0.15) is 0 Å². The molecule has 0 saturated carbocycles. The molecule has 9 aliphatic heterocycles. The van der Waals surface area contributed by atoms with Crippen molar-refractivity contribution in [3.63, 3.8) is 0 Å². The van der Waals surface area contributed by atoms with E-state index in [1.165, 1.54) is 0 Å². The van der Waals surface area contributed by atoms with Crippen LogP contribution in [0.5, 0.6) is 0 Å². The van der Waals surface area contributed by atoms with Gasteiger partial charge in [0, 0.05) is 66.5 Å². The van der Waals surface area contributed by atoms with Crippen LogP contribution in [0.3, 0.4) is 0 Å². The van der Waals surface area contributed by atoms with Crippen molar-refractivity contribution in [2.75, 3.05) is 9.80 Å². The zero-order chi connectivity index (χ0) is 89.1. The van der Waals surface area contributed by atoms with Gasteiger partial charge in [0.15, 0.2) is 0 Å². The molecule has 0 unspecified atom stereocenters. The van der Waals surface area contributed by atoms with Gasteiger partial charge in [0.25, 0.3) is 0 Å². The van der Waals surface area contributed by atoms with E-state index in [1.807, 2.05) is 84.9 Å². The van der Waals surface area contributed by atoms with Gasteiger partial charge in [0.1, 0.15) is 0 Å². The number of amidine groups is 2. The molecular weight excluding hydrogens is 1940 g/mol. The molecule has 0 saturated heterocycles. The summed E-state index contributed by atoms with van der Waals surface area (Å²) in [5.41, 5.74) is 31.8. The molecule has 0 atom stereocenters. The number of para-hydroxylation sites is 2. The predicted octanol–water partition coefficient (Wildman–Crippen LogP) is 25.2. The molecule has 0 fully saturated rings. The molecule has 9 aliphatic rings. The second kappa shape index (κ2) is 35.3. The number of nitrogens with zero attached hydrogens (tertiary/aromatic N) is 14. The Hall–Kier alpha value is -14.9. The van der Waals surface area contributed by atoms with E-state index in [0.29, 0.717) is 0 Å². The molecule has 662 valence electrons. The Morgan fingerprint density at radius 1 is 0.244 bits per heavy atom. The summed E-state index contributed by atoms with van der Waals surface area (Å²) in [6, 6.07) is 113. The van der Waals surface area contributed by atoms with Crippen LogP contribution in [0.2, 0.25) is 0 Å². The van der Waals surface area contributed by atoms with Gasteiger partial charge in [0.05, 0.1) is 57.3 Å². The first-order valence-electron chi connectivity index (χ1n) is 44.9. The molecule has 2 radical (unpaired) electrons. The quantitative estimate of drug-likeness (QED) is 0.148. The van der Waals surface area contributed by atoms with Crippen LogP contribution in [0.4, 0.5) is 23.0 Å². The van der Waals surface area contributed by atoms with Crippen LogP contribution in [0.15, 0.2) is 429 Å². The molecule has 6 aromatic heterocycles. The Balaban J connectivity index is 0.000000125. The molecule has 0 spiro atoms. The first-order chi connectivity index (χ1) is 64.4. The summed E-state index contributed by atoms with van der Waals surface area (Å²) in [5, 5.41) is 4.55. The van der Waals surface area contributed by atoms with Crippen molar-refractivity contribution in [1.29, 1.82) is 0 Å². The number of allylic oxidation sites excluding steroid dienone is 6. The Morgan fingerprint density at radius 3 is 0.889 bits per heavy atom. The zero-order valence-corrected chi connectivity index (χ0v) is 79.3. The van der Waals surface area contributed by atoms with Gasteiger partial charge in [-0.1, -0.05) is 395 Å². The predicted molar refractivity (Wildman–Crippen MR) is 541 cm³/mol. The van der Waals surface area contributed by atoms with Gasteiger partial charge in [-0.15, -0.1) is 45.6 Å². The third-order valence-electron chi connectivity index (χ3n) is 26.5. The van der Waals surface area contributed by atoms with Crippen molar-refractivity contribution in [2.45, 2.75) is 77.0 Å². The maximum absolute atomic E-state index is 5.39. The molecule has 0 amide bonds. The fourth-order valence-electron chi connectivity index (χ4n) is 19.6. The van der Waals surface area contributed by atoms with Crippen LogP contribution >= 0.6 is 0 Å². The first-order valence-corrected chi connectivity index (χ1v) is 44.9. The van der Waals surface area contributed by atoms with E-state index in [0.717, 1.165) is 237 Å². The Morgan fingerprint density at radius 2 is 0.533 bits per heavy atom. The van der Waals surface area contributed by atoms with Gasteiger partial charge in [0.2, 0.25) is 0 Å². The van der Waals surface area contributed by atoms with E-state index < -0.39 is 21.7 Å².